The van der Waals surface area contributed by atoms with Crippen LogP contribution in [-0.2, 0) is 12.8 Å². The van der Waals surface area contributed by atoms with Crippen molar-refractivity contribution in [1.29, 1.82) is 0 Å². The van der Waals surface area contributed by atoms with Crippen molar-refractivity contribution in [2.45, 2.75) is 26.7 Å². The monoisotopic (exact) mass is 181 g/mol. The van der Waals surface area contributed by atoms with Gasteiger partial charge in [0.15, 0.2) is 0 Å². The van der Waals surface area contributed by atoms with Crippen LogP contribution in [0.3, 0.4) is 0 Å². The molecule has 0 aliphatic rings. The normalized spacial score (nSPS) is 10.3. The van der Waals surface area contributed by atoms with Crippen LogP contribution in [0.5, 0.6) is 0 Å². The van der Waals surface area contributed by atoms with Crippen LogP contribution < -0.4 is 0 Å². The van der Waals surface area contributed by atoms with E-state index in [-0.39, 0.29) is 0 Å². The predicted octanol–water partition coefficient (Wildman–Crippen LogP) is 3.65. The molecule has 0 nitrogen and oxygen atoms in total. The van der Waals surface area contributed by atoms with E-state index in [2.05, 4.69) is 26.8 Å². The van der Waals surface area contributed by atoms with Crippen LogP contribution in [0.4, 0.5) is 0 Å². The average Bonchev–Trinajstić information content (AvgIpc) is 2.03. The summed E-state index contributed by atoms with van der Waals surface area (Å²) in [5.41, 5.74) is 3.51. The van der Waals surface area contributed by atoms with Gasteiger partial charge in [0.25, 0.3) is 0 Å². The minimum Gasteiger partial charge on any atom is -0.0840 e. The van der Waals surface area contributed by atoms with E-state index in [0.29, 0.717) is 0 Å². The molecule has 1 heteroatoms. The summed E-state index contributed by atoms with van der Waals surface area (Å²) in [6.45, 7) is 8.20. The van der Waals surface area contributed by atoms with Crippen molar-refractivity contribution in [2.75, 3.05) is 0 Å². The van der Waals surface area contributed by atoms with Crippen LogP contribution in [0.15, 0.2) is 12.1 Å². The molecular weight excluding hydrogens is 168 g/mol. The Balaban J connectivity index is 3.18. The second kappa shape index (κ2) is 3.95. The first-order valence-corrected chi connectivity index (χ1v) is 4.70. The number of halogens is 1. The second-order valence-electron chi connectivity index (χ2n) is 2.92. The zero-order valence-corrected chi connectivity index (χ0v) is 8.41. The number of benzene rings is 1. The first kappa shape index (κ1) is 9.60. The van der Waals surface area contributed by atoms with Crippen LogP contribution >= 0.6 is 11.6 Å². The standard InChI is InChI=1S/C11H14Cl/c1-4-9-6-8(3)10(5-2)11(12)7-9/h6-7H,3-5H2,1-2H3. The van der Waals surface area contributed by atoms with Gasteiger partial charge in [-0.1, -0.05) is 31.5 Å². The summed E-state index contributed by atoms with van der Waals surface area (Å²) in [4.78, 5) is 0. The Morgan fingerprint density at radius 3 is 2.33 bits per heavy atom. The molecule has 0 unspecified atom stereocenters. The number of rotatable bonds is 2. The summed E-state index contributed by atoms with van der Waals surface area (Å²) < 4.78 is 0. The fraction of sp³-hybridized carbons (Fsp3) is 0.364. The highest BCUT2D eigenvalue weighted by Crippen LogP contribution is 2.22. The second-order valence-corrected chi connectivity index (χ2v) is 3.33. The molecule has 0 spiro atoms. The third kappa shape index (κ3) is 1.81. The molecule has 0 bridgehead atoms. The van der Waals surface area contributed by atoms with Crippen molar-refractivity contribution in [1.82, 2.24) is 0 Å². The van der Waals surface area contributed by atoms with Crippen molar-refractivity contribution >= 4 is 11.6 Å². The summed E-state index contributed by atoms with van der Waals surface area (Å²) in [6.07, 6.45) is 1.98. The Labute approximate surface area is 79.6 Å². The Morgan fingerprint density at radius 1 is 1.25 bits per heavy atom. The summed E-state index contributed by atoms with van der Waals surface area (Å²) >= 11 is 6.07. The fourth-order valence-corrected chi connectivity index (χ4v) is 1.75. The van der Waals surface area contributed by atoms with Crippen molar-refractivity contribution in [2.24, 2.45) is 0 Å². The highest BCUT2D eigenvalue weighted by atomic mass is 35.5. The van der Waals surface area contributed by atoms with Crippen LogP contribution in [0.2, 0.25) is 5.02 Å². The highest BCUT2D eigenvalue weighted by Gasteiger charge is 2.03. The van der Waals surface area contributed by atoms with E-state index in [9.17, 15) is 0 Å². The van der Waals surface area contributed by atoms with E-state index in [1.54, 1.807) is 0 Å². The molecule has 65 valence electrons. The number of aryl methyl sites for hydroxylation is 1. The zero-order valence-electron chi connectivity index (χ0n) is 7.65. The van der Waals surface area contributed by atoms with Crippen LogP contribution in [0, 0.1) is 6.92 Å². The first-order chi connectivity index (χ1) is 5.69. The quantitative estimate of drug-likeness (QED) is 0.654. The Bertz CT molecular complexity index is 253. The molecule has 0 saturated carbocycles. The lowest BCUT2D eigenvalue weighted by Crippen LogP contribution is -1.91. The van der Waals surface area contributed by atoms with Crippen molar-refractivity contribution in [3.8, 4) is 0 Å². The lowest BCUT2D eigenvalue weighted by atomic mass is 10.0. The number of hydrogen-bond acceptors (Lipinski definition) is 0. The molecule has 0 aliphatic heterocycles. The van der Waals surface area contributed by atoms with E-state index in [0.717, 1.165) is 23.4 Å². The topological polar surface area (TPSA) is 0 Å². The molecule has 0 fully saturated rings. The van der Waals surface area contributed by atoms with Gasteiger partial charge in [0.05, 0.1) is 0 Å². The molecule has 0 N–H and O–H groups in total. The number of hydrogen-bond donors (Lipinski definition) is 0. The van der Waals surface area contributed by atoms with Crippen LogP contribution in [0.1, 0.15) is 30.5 Å². The van der Waals surface area contributed by atoms with Gasteiger partial charge < -0.3 is 0 Å². The van der Waals surface area contributed by atoms with Crippen molar-refractivity contribution < 1.29 is 0 Å². The first-order valence-electron chi connectivity index (χ1n) is 4.32. The third-order valence-corrected chi connectivity index (χ3v) is 2.45. The van der Waals surface area contributed by atoms with E-state index in [1.165, 1.54) is 11.1 Å². The van der Waals surface area contributed by atoms with E-state index >= 15 is 0 Å². The van der Waals surface area contributed by atoms with Gasteiger partial charge in [-0.25, -0.2) is 0 Å². The fourth-order valence-electron chi connectivity index (χ4n) is 1.36. The average molecular weight is 182 g/mol. The maximum absolute atomic E-state index is 6.07. The SMILES string of the molecule is [CH2]c1cc(CC)cc(Cl)c1CC. The lowest BCUT2D eigenvalue weighted by molar-refractivity contribution is 1.09. The molecule has 1 aromatic carbocycles. The van der Waals surface area contributed by atoms with Gasteiger partial charge in [0.1, 0.15) is 0 Å². The Hall–Kier alpha value is -0.490. The maximum atomic E-state index is 6.07. The summed E-state index contributed by atoms with van der Waals surface area (Å²) in [6, 6.07) is 4.15. The van der Waals surface area contributed by atoms with Gasteiger partial charge in [-0.2, -0.15) is 0 Å². The van der Waals surface area contributed by atoms with Gasteiger partial charge in [-0.15, -0.1) is 0 Å². The van der Waals surface area contributed by atoms with Gasteiger partial charge in [0, 0.05) is 5.02 Å². The highest BCUT2D eigenvalue weighted by molar-refractivity contribution is 6.31. The largest absolute Gasteiger partial charge is 0.0840 e. The molecule has 12 heavy (non-hydrogen) atoms. The molecule has 0 atom stereocenters. The Kier molecular flexibility index (Phi) is 3.16. The minimum absolute atomic E-state index is 0.863. The molecule has 0 amide bonds. The summed E-state index contributed by atoms with van der Waals surface area (Å²) in [5, 5.41) is 0.863. The third-order valence-electron chi connectivity index (χ3n) is 2.11. The van der Waals surface area contributed by atoms with E-state index in [1.807, 2.05) is 6.07 Å². The van der Waals surface area contributed by atoms with Gasteiger partial charge in [-0.05, 0) is 42.5 Å². The smallest absolute Gasteiger partial charge is 0.0443 e. The van der Waals surface area contributed by atoms with E-state index < -0.39 is 0 Å². The van der Waals surface area contributed by atoms with E-state index in [4.69, 9.17) is 11.6 Å². The summed E-state index contributed by atoms with van der Waals surface area (Å²) in [5.74, 6) is 0. The predicted molar refractivity (Wildman–Crippen MR) is 54.7 cm³/mol. The molecular formula is C11H14Cl. The van der Waals surface area contributed by atoms with Crippen molar-refractivity contribution in [3.05, 3.63) is 40.8 Å². The maximum Gasteiger partial charge on any atom is 0.0443 e. The van der Waals surface area contributed by atoms with Crippen LogP contribution in [0.25, 0.3) is 0 Å². The molecule has 1 radical (unpaired) electrons. The lowest BCUT2D eigenvalue weighted by Gasteiger charge is -2.07. The zero-order chi connectivity index (χ0) is 9.14. The van der Waals surface area contributed by atoms with Gasteiger partial charge >= 0.3 is 0 Å². The minimum atomic E-state index is 0.863. The van der Waals surface area contributed by atoms with Crippen molar-refractivity contribution in [3.63, 3.8) is 0 Å². The molecule has 0 aliphatic carbocycles. The molecule has 0 aromatic heterocycles. The molecule has 1 rings (SSSR count). The van der Waals surface area contributed by atoms with Crippen LogP contribution in [-0.4, -0.2) is 0 Å². The molecule has 0 saturated heterocycles. The summed E-state index contributed by atoms with van der Waals surface area (Å²) in [7, 11) is 0. The van der Waals surface area contributed by atoms with Gasteiger partial charge in [-0.3, -0.25) is 0 Å². The Morgan fingerprint density at radius 2 is 1.92 bits per heavy atom. The molecule has 0 heterocycles. The molecule has 1 aromatic rings. The van der Waals surface area contributed by atoms with Gasteiger partial charge in [0.2, 0.25) is 0 Å².